The van der Waals surface area contributed by atoms with Crippen LogP contribution in [0, 0.1) is 0 Å². The van der Waals surface area contributed by atoms with Crippen LogP contribution >= 0.6 is 0 Å². The predicted molar refractivity (Wildman–Crippen MR) is 207 cm³/mol. The van der Waals surface area contributed by atoms with Gasteiger partial charge in [0.1, 0.15) is 0 Å². The van der Waals surface area contributed by atoms with Gasteiger partial charge in [0.05, 0.1) is 22.1 Å². The Morgan fingerprint density at radius 1 is 0.286 bits per heavy atom. The number of nitrogens with zero attached hydrogens (tertiary/aromatic N) is 3. The number of aromatic nitrogens is 2. The molecule has 0 fully saturated rings. The standard InChI is InChI=1S/C46H31N3/c1-4-16-32(17-5-1)47(33-18-6-2-7-19-33)35-28-30-36(31-29-35)49-41-26-14-12-24-39(41)43-37-22-10-11-23-38(37)45-44(46(43)49)40-25-13-15-27-42(40)48(45)34-20-8-3-9-21-34/h1-31H. The quantitative estimate of drug-likeness (QED) is 0.185. The van der Waals surface area contributed by atoms with E-state index in [1.165, 1.54) is 54.4 Å². The zero-order valence-electron chi connectivity index (χ0n) is 26.7. The molecule has 10 aromatic rings. The molecule has 2 aromatic heterocycles. The first-order chi connectivity index (χ1) is 24.4. The van der Waals surface area contributed by atoms with Gasteiger partial charge >= 0.3 is 0 Å². The summed E-state index contributed by atoms with van der Waals surface area (Å²) in [7, 11) is 0. The van der Waals surface area contributed by atoms with Crippen molar-refractivity contribution in [3.8, 4) is 11.4 Å². The average Bonchev–Trinajstić information content (AvgIpc) is 3.71. The lowest BCUT2D eigenvalue weighted by molar-refractivity contribution is 1.17. The molecule has 0 bridgehead atoms. The van der Waals surface area contributed by atoms with E-state index < -0.39 is 0 Å². The normalized spacial score (nSPS) is 11.7. The van der Waals surface area contributed by atoms with Crippen LogP contribution in [0.15, 0.2) is 188 Å². The van der Waals surface area contributed by atoms with E-state index in [0.717, 1.165) is 28.4 Å². The van der Waals surface area contributed by atoms with Gasteiger partial charge in [0.15, 0.2) is 0 Å². The van der Waals surface area contributed by atoms with Crippen LogP contribution in [0.5, 0.6) is 0 Å². The van der Waals surface area contributed by atoms with Crippen molar-refractivity contribution < 1.29 is 0 Å². The smallest absolute Gasteiger partial charge is 0.0647 e. The molecule has 0 saturated heterocycles. The van der Waals surface area contributed by atoms with Crippen LogP contribution in [0.1, 0.15) is 0 Å². The van der Waals surface area contributed by atoms with E-state index in [0.29, 0.717) is 0 Å². The van der Waals surface area contributed by atoms with Gasteiger partial charge in [0.25, 0.3) is 0 Å². The summed E-state index contributed by atoms with van der Waals surface area (Å²) in [4.78, 5) is 2.31. The van der Waals surface area contributed by atoms with Crippen molar-refractivity contribution in [2.75, 3.05) is 4.90 Å². The van der Waals surface area contributed by atoms with Crippen LogP contribution in [-0.4, -0.2) is 9.13 Å². The fourth-order valence-electron chi connectivity index (χ4n) is 7.86. The fourth-order valence-corrected chi connectivity index (χ4v) is 7.86. The van der Waals surface area contributed by atoms with Crippen LogP contribution in [0.4, 0.5) is 17.1 Å². The van der Waals surface area contributed by atoms with Crippen molar-refractivity contribution in [1.82, 2.24) is 9.13 Å². The summed E-state index contributed by atoms with van der Waals surface area (Å²) in [5.41, 5.74) is 10.5. The number of anilines is 3. The van der Waals surface area contributed by atoms with Crippen molar-refractivity contribution in [3.05, 3.63) is 188 Å². The molecule has 0 aliphatic rings. The molecule has 230 valence electrons. The number of hydrogen-bond donors (Lipinski definition) is 0. The maximum Gasteiger partial charge on any atom is 0.0647 e. The summed E-state index contributed by atoms with van der Waals surface area (Å²) in [5.74, 6) is 0. The lowest BCUT2D eigenvalue weighted by Crippen LogP contribution is -2.09. The SMILES string of the molecule is c1ccc(N(c2ccccc2)c2ccc(-n3c4ccccc4c4c5ccccc5c5c(c6ccccc6n5-c5ccccc5)c43)cc2)cc1. The Morgan fingerprint density at radius 2 is 0.694 bits per heavy atom. The Kier molecular flexibility index (Phi) is 6.18. The predicted octanol–water partition coefficient (Wildman–Crippen LogP) is 12.5. The van der Waals surface area contributed by atoms with Gasteiger partial charge in [-0.05, 0) is 78.2 Å². The molecule has 0 radical (unpaired) electrons. The van der Waals surface area contributed by atoms with Gasteiger partial charge in [-0.3, -0.25) is 0 Å². The van der Waals surface area contributed by atoms with Crippen molar-refractivity contribution in [2.24, 2.45) is 0 Å². The second-order valence-corrected chi connectivity index (χ2v) is 12.6. The average molecular weight is 626 g/mol. The highest BCUT2D eigenvalue weighted by Gasteiger charge is 2.24. The van der Waals surface area contributed by atoms with Gasteiger partial charge in [-0.2, -0.15) is 0 Å². The number of hydrogen-bond acceptors (Lipinski definition) is 1. The third-order valence-corrected chi connectivity index (χ3v) is 9.85. The van der Waals surface area contributed by atoms with Gasteiger partial charge in [-0.1, -0.05) is 115 Å². The first-order valence-electron chi connectivity index (χ1n) is 16.8. The van der Waals surface area contributed by atoms with Crippen LogP contribution in [0.2, 0.25) is 0 Å². The van der Waals surface area contributed by atoms with Crippen molar-refractivity contribution in [3.63, 3.8) is 0 Å². The number of fused-ring (bicyclic) bond motifs is 10. The first-order valence-corrected chi connectivity index (χ1v) is 16.8. The fraction of sp³-hybridized carbons (Fsp3) is 0. The van der Waals surface area contributed by atoms with Crippen LogP contribution in [0.3, 0.4) is 0 Å². The van der Waals surface area contributed by atoms with E-state index in [1.54, 1.807) is 0 Å². The van der Waals surface area contributed by atoms with Crippen molar-refractivity contribution in [2.45, 2.75) is 0 Å². The highest BCUT2D eigenvalue weighted by Crippen LogP contribution is 2.47. The monoisotopic (exact) mass is 625 g/mol. The molecule has 0 unspecified atom stereocenters. The molecule has 8 aromatic carbocycles. The van der Waals surface area contributed by atoms with Crippen LogP contribution in [0.25, 0.3) is 65.8 Å². The molecule has 0 aliphatic heterocycles. The van der Waals surface area contributed by atoms with Crippen LogP contribution < -0.4 is 4.90 Å². The van der Waals surface area contributed by atoms with E-state index in [-0.39, 0.29) is 0 Å². The topological polar surface area (TPSA) is 13.1 Å². The zero-order chi connectivity index (χ0) is 32.3. The molecule has 0 saturated carbocycles. The first kappa shape index (κ1) is 27.5. The molecule has 3 nitrogen and oxygen atoms in total. The van der Waals surface area contributed by atoms with Gasteiger partial charge < -0.3 is 14.0 Å². The molecular formula is C46H31N3. The minimum absolute atomic E-state index is 1.11. The van der Waals surface area contributed by atoms with Gasteiger partial charge in [0.2, 0.25) is 0 Å². The summed E-state index contributed by atoms with van der Waals surface area (Å²) in [5, 5.41) is 7.57. The zero-order valence-corrected chi connectivity index (χ0v) is 26.7. The molecule has 10 rings (SSSR count). The Bertz CT molecular complexity index is 2750. The summed E-state index contributed by atoms with van der Waals surface area (Å²) < 4.78 is 4.94. The summed E-state index contributed by atoms with van der Waals surface area (Å²) >= 11 is 0. The third-order valence-electron chi connectivity index (χ3n) is 9.85. The number of benzene rings is 8. The molecule has 49 heavy (non-hydrogen) atoms. The maximum absolute atomic E-state index is 2.49. The number of para-hydroxylation sites is 5. The molecular weight excluding hydrogens is 595 g/mol. The van der Waals surface area contributed by atoms with E-state index >= 15 is 0 Å². The van der Waals surface area contributed by atoms with Crippen LogP contribution in [-0.2, 0) is 0 Å². The van der Waals surface area contributed by atoms with Gasteiger partial charge in [0, 0.05) is 55.4 Å². The molecule has 0 N–H and O–H groups in total. The summed E-state index contributed by atoms with van der Waals surface area (Å²) in [6.45, 7) is 0. The highest BCUT2D eigenvalue weighted by molar-refractivity contribution is 6.36. The summed E-state index contributed by atoms with van der Waals surface area (Å²) in [6.07, 6.45) is 0. The minimum atomic E-state index is 1.11. The molecule has 2 heterocycles. The van der Waals surface area contributed by atoms with Crippen molar-refractivity contribution >= 4 is 71.4 Å². The maximum atomic E-state index is 2.49. The number of rotatable bonds is 5. The van der Waals surface area contributed by atoms with E-state index in [1.807, 2.05) is 0 Å². The van der Waals surface area contributed by atoms with Crippen molar-refractivity contribution in [1.29, 1.82) is 0 Å². The Hall–Kier alpha value is -6.58. The molecule has 0 spiro atoms. The third kappa shape index (κ3) is 4.16. The van der Waals surface area contributed by atoms with E-state index in [4.69, 9.17) is 0 Å². The Labute approximate surface area is 284 Å². The Morgan fingerprint density at radius 3 is 1.29 bits per heavy atom. The lowest BCUT2D eigenvalue weighted by Gasteiger charge is -2.25. The second-order valence-electron chi connectivity index (χ2n) is 12.6. The van der Waals surface area contributed by atoms with Gasteiger partial charge in [-0.15, -0.1) is 0 Å². The van der Waals surface area contributed by atoms with Gasteiger partial charge in [-0.25, -0.2) is 0 Å². The largest absolute Gasteiger partial charge is 0.311 e. The minimum Gasteiger partial charge on any atom is -0.311 e. The van der Waals surface area contributed by atoms with E-state index in [9.17, 15) is 0 Å². The summed E-state index contributed by atoms with van der Waals surface area (Å²) in [6, 6.07) is 67.7. The molecule has 3 heteroatoms. The molecule has 0 aliphatic carbocycles. The highest BCUT2D eigenvalue weighted by atomic mass is 15.1. The molecule has 0 atom stereocenters. The second kappa shape index (κ2) is 11.0. The molecule has 0 amide bonds. The van der Waals surface area contributed by atoms with E-state index in [2.05, 4.69) is 202 Å². The lowest BCUT2D eigenvalue weighted by atomic mass is 9.99. The Balaban J connectivity index is 1.32.